The molecule has 3 N–H and O–H groups in total. The second kappa shape index (κ2) is 9.11. The average Bonchev–Trinajstić information content (AvgIpc) is 2.83. The summed E-state index contributed by atoms with van der Waals surface area (Å²) in [5, 5.41) is 5.09. The van der Waals surface area contributed by atoms with Gasteiger partial charge in [0.2, 0.25) is 5.91 Å². The lowest BCUT2D eigenvalue weighted by Crippen LogP contribution is -2.22. The Labute approximate surface area is 114 Å². The predicted molar refractivity (Wildman–Crippen MR) is 77.7 cm³/mol. The topological polar surface area (TPSA) is 55.1 Å². The van der Waals surface area contributed by atoms with Crippen LogP contribution in [0, 0.1) is 0 Å². The Morgan fingerprint density at radius 1 is 1.33 bits per heavy atom. The van der Waals surface area contributed by atoms with Crippen LogP contribution in [0.15, 0.2) is 11.4 Å². The highest BCUT2D eigenvalue weighted by Crippen LogP contribution is 2.16. The molecule has 0 aliphatic carbocycles. The van der Waals surface area contributed by atoms with Crippen molar-refractivity contribution in [1.29, 1.82) is 0 Å². The molecule has 0 spiro atoms. The molecule has 0 saturated carbocycles. The Hall–Kier alpha value is -0.870. The summed E-state index contributed by atoms with van der Waals surface area (Å²) >= 11 is 1.72. The summed E-state index contributed by atoms with van der Waals surface area (Å²) in [4.78, 5) is 12.9. The third-order valence-electron chi connectivity index (χ3n) is 3.02. The van der Waals surface area contributed by atoms with Crippen molar-refractivity contribution in [2.24, 2.45) is 5.73 Å². The lowest BCUT2D eigenvalue weighted by Gasteiger charge is -2.05. The summed E-state index contributed by atoms with van der Waals surface area (Å²) in [5.41, 5.74) is 6.77. The minimum Gasteiger partial charge on any atom is -0.351 e. The van der Waals surface area contributed by atoms with Gasteiger partial charge in [-0.2, -0.15) is 0 Å². The van der Waals surface area contributed by atoms with Crippen molar-refractivity contribution in [3.63, 3.8) is 0 Å². The summed E-state index contributed by atoms with van der Waals surface area (Å²) < 4.78 is 0. The Kier molecular flexibility index (Phi) is 7.69. The Morgan fingerprint density at radius 3 is 2.83 bits per heavy atom. The smallest absolute Gasteiger partial charge is 0.220 e. The molecule has 0 bridgehead atoms. The molecule has 0 aromatic carbocycles. The van der Waals surface area contributed by atoms with E-state index in [1.165, 1.54) is 10.4 Å². The molecule has 18 heavy (non-hydrogen) atoms. The van der Waals surface area contributed by atoms with E-state index >= 15 is 0 Å². The molecule has 1 aromatic rings. The van der Waals surface area contributed by atoms with Gasteiger partial charge in [0.05, 0.1) is 6.54 Å². The molecule has 0 radical (unpaired) electrons. The van der Waals surface area contributed by atoms with Crippen molar-refractivity contribution < 1.29 is 4.79 Å². The molecular formula is C14H24N2OS. The van der Waals surface area contributed by atoms with Crippen LogP contribution in [0.25, 0.3) is 0 Å². The maximum Gasteiger partial charge on any atom is 0.220 e. The zero-order chi connectivity index (χ0) is 13.2. The summed E-state index contributed by atoms with van der Waals surface area (Å²) in [7, 11) is 0. The van der Waals surface area contributed by atoms with Crippen molar-refractivity contribution in [3.8, 4) is 0 Å². The average molecular weight is 268 g/mol. The highest BCUT2D eigenvalue weighted by atomic mass is 32.1. The van der Waals surface area contributed by atoms with Gasteiger partial charge in [0.15, 0.2) is 0 Å². The van der Waals surface area contributed by atoms with E-state index in [0.29, 0.717) is 13.0 Å². The Bertz CT molecular complexity index is 349. The molecule has 0 aliphatic heterocycles. The molecule has 1 rings (SSSR count). The summed E-state index contributed by atoms with van der Waals surface area (Å²) in [5.74, 6) is 0.165. The number of carbonyl (C=O) groups is 1. The lowest BCUT2D eigenvalue weighted by molar-refractivity contribution is -0.121. The number of rotatable bonds is 9. The minimum atomic E-state index is 0.165. The molecule has 1 aromatic heterocycles. The molecule has 0 aliphatic rings. The van der Waals surface area contributed by atoms with Crippen LogP contribution in [0.3, 0.4) is 0 Å². The first-order valence-corrected chi connectivity index (χ1v) is 7.68. The molecule has 1 amide bonds. The van der Waals surface area contributed by atoms with Gasteiger partial charge in [-0.1, -0.05) is 19.8 Å². The molecule has 0 atom stereocenters. The fourth-order valence-corrected chi connectivity index (χ4v) is 2.80. The van der Waals surface area contributed by atoms with Crippen molar-refractivity contribution in [3.05, 3.63) is 21.9 Å². The van der Waals surface area contributed by atoms with Gasteiger partial charge in [0.25, 0.3) is 0 Å². The molecule has 102 valence electrons. The number of nitrogens with one attached hydrogen (secondary N) is 1. The second-order valence-electron chi connectivity index (χ2n) is 4.45. The molecular weight excluding hydrogens is 244 g/mol. The number of nitrogens with two attached hydrogens (primary N) is 1. The maximum atomic E-state index is 11.6. The van der Waals surface area contributed by atoms with Gasteiger partial charge in [-0.05, 0) is 42.8 Å². The number of amides is 1. The van der Waals surface area contributed by atoms with E-state index in [0.717, 1.165) is 38.6 Å². The molecule has 1 heterocycles. The van der Waals surface area contributed by atoms with E-state index in [1.807, 2.05) is 0 Å². The van der Waals surface area contributed by atoms with Gasteiger partial charge in [-0.3, -0.25) is 4.79 Å². The van der Waals surface area contributed by atoms with Crippen LogP contribution in [0.5, 0.6) is 0 Å². The molecule has 0 fully saturated rings. The van der Waals surface area contributed by atoms with Crippen molar-refractivity contribution >= 4 is 17.2 Å². The van der Waals surface area contributed by atoms with Crippen molar-refractivity contribution in [1.82, 2.24) is 5.32 Å². The molecule has 0 unspecified atom stereocenters. The number of carbonyl (C=O) groups excluding carboxylic acids is 1. The SMILES string of the molecule is CCc1ccsc1CNC(=O)CCCCCCN. The van der Waals surface area contributed by atoms with Crippen LogP contribution < -0.4 is 11.1 Å². The summed E-state index contributed by atoms with van der Waals surface area (Å²) in [6.45, 7) is 3.58. The van der Waals surface area contributed by atoms with Crippen LogP contribution in [0.1, 0.15) is 49.5 Å². The first-order valence-electron chi connectivity index (χ1n) is 6.80. The fourth-order valence-electron chi connectivity index (χ4n) is 1.89. The van der Waals surface area contributed by atoms with E-state index in [4.69, 9.17) is 5.73 Å². The van der Waals surface area contributed by atoms with Crippen molar-refractivity contribution in [2.75, 3.05) is 6.54 Å². The van der Waals surface area contributed by atoms with Crippen LogP contribution in [0.2, 0.25) is 0 Å². The Balaban J connectivity index is 2.13. The monoisotopic (exact) mass is 268 g/mol. The number of hydrogen-bond acceptors (Lipinski definition) is 3. The number of hydrogen-bond donors (Lipinski definition) is 2. The van der Waals surface area contributed by atoms with Crippen LogP contribution in [-0.4, -0.2) is 12.5 Å². The largest absolute Gasteiger partial charge is 0.351 e. The number of thiophene rings is 1. The summed E-state index contributed by atoms with van der Waals surface area (Å²) in [6, 6.07) is 2.14. The predicted octanol–water partition coefficient (Wildman–Crippen LogP) is 2.84. The van der Waals surface area contributed by atoms with E-state index in [2.05, 4.69) is 23.7 Å². The lowest BCUT2D eigenvalue weighted by atomic mass is 10.1. The third-order valence-corrected chi connectivity index (χ3v) is 3.99. The zero-order valence-electron chi connectivity index (χ0n) is 11.2. The first-order chi connectivity index (χ1) is 8.77. The maximum absolute atomic E-state index is 11.6. The minimum absolute atomic E-state index is 0.165. The number of unbranched alkanes of at least 4 members (excludes halogenated alkanes) is 3. The van der Waals surface area contributed by atoms with Gasteiger partial charge in [0, 0.05) is 11.3 Å². The summed E-state index contributed by atoms with van der Waals surface area (Å²) in [6.07, 6.45) is 5.94. The highest BCUT2D eigenvalue weighted by molar-refractivity contribution is 7.10. The van der Waals surface area contributed by atoms with Crippen molar-refractivity contribution in [2.45, 2.75) is 52.0 Å². The highest BCUT2D eigenvalue weighted by Gasteiger charge is 2.05. The van der Waals surface area contributed by atoms with E-state index in [1.54, 1.807) is 11.3 Å². The van der Waals surface area contributed by atoms with Gasteiger partial charge in [-0.15, -0.1) is 11.3 Å². The normalized spacial score (nSPS) is 10.6. The van der Waals surface area contributed by atoms with Gasteiger partial charge in [-0.25, -0.2) is 0 Å². The van der Waals surface area contributed by atoms with Gasteiger partial charge < -0.3 is 11.1 Å². The van der Waals surface area contributed by atoms with Crippen LogP contribution >= 0.6 is 11.3 Å². The second-order valence-corrected chi connectivity index (χ2v) is 5.45. The van der Waals surface area contributed by atoms with Crippen LogP contribution in [0.4, 0.5) is 0 Å². The third kappa shape index (κ3) is 5.65. The quantitative estimate of drug-likeness (QED) is 0.677. The zero-order valence-corrected chi connectivity index (χ0v) is 12.0. The molecule has 4 heteroatoms. The van der Waals surface area contributed by atoms with E-state index < -0.39 is 0 Å². The molecule has 3 nitrogen and oxygen atoms in total. The van der Waals surface area contributed by atoms with E-state index in [9.17, 15) is 4.79 Å². The molecule has 0 saturated heterocycles. The number of aryl methyl sites for hydroxylation is 1. The first kappa shape index (κ1) is 15.2. The van der Waals surface area contributed by atoms with Crippen LogP contribution in [-0.2, 0) is 17.8 Å². The fraction of sp³-hybridized carbons (Fsp3) is 0.643. The van der Waals surface area contributed by atoms with Gasteiger partial charge in [0.1, 0.15) is 0 Å². The Morgan fingerprint density at radius 2 is 2.11 bits per heavy atom. The standard InChI is InChI=1S/C14H24N2OS/c1-2-12-8-10-18-13(12)11-16-14(17)7-5-3-4-6-9-15/h8,10H,2-7,9,11,15H2,1H3,(H,16,17). The van der Waals surface area contributed by atoms with E-state index in [-0.39, 0.29) is 5.91 Å². The van der Waals surface area contributed by atoms with Gasteiger partial charge >= 0.3 is 0 Å².